The average Bonchev–Trinajstić information content (AvgIpc) is 3.10. The number of benzene rings is 1. The lowest BCUT2D eigenvalue weighted by Gasteiger charge is -2.11. The van der Waals surface area contributed by atoms with Crippen molar-refractivity contribution in [2.24, 2.45) is 0 Å². The van der Waals surface area contributed by atoms with Crippen molar-refractivity contribution in [1.29, 1.82) is 0 Å². The quantitative estimate of drug-likeness (QED) is 0.354. The molecule has 0 amide bonds. The summed E-state index contributed by atoms with van der Waals surface area (Å²) >= 11 is 2.28. The van der Waals surface area contributed by atoms with Crippen LogP contribution in [0.15, 0.2) is 61.1 Å². The number of fused-ring (bicyclic) bond motifs is 1. The molecular weight excluding hydrogens is 444 g/mol. The first kappa shape index (κ1) is 16.9. The minimum Gasteiger partial charge on any atom is -0.366 e. The molecule has 0 fully saturated rings. The van der Waals surface area contributed by atoms with Gasteiger partial charge in [-0.2, -0.15) is 9.61 Å². The van der Waals surface area contributed by atoms with Crippen LogP contribution in [0.2, 0.25) is 0 Å². The molecule has 1 N–H and O–H groups in total. The zero-order valence-electron chi connectivity index (χ0n) is 13.7. The Morgan fingerprint density at radius 1 is 1.12 bits per heavy atom. The van der Waals surface area contributed by atoms with Gasteiger partial charge in [0, 0.05) is 40.6 Å². The van der Waals surface area contributed by atoms with Crippen LogP contribution >= 0.6 is 22.6 Å². The first-order valence-corrected chi connectivity index (χ1v) is 9.60. The molecule has 26 heavy (non-hydrogen) atoms. The van der Waals surface area contributed by atoms with Gasteiger partial charge in [-0.15, -0.1) is 0 Å². The molecule has 3 aromatic heterocycles. The van der Waals surface area contributed by atoms with Gasteiger partial charge in [0.1, 0.15) is 11.6 Å². The number of rotatable bonds is 5. The standard InChI is InChI=1S/C19H15FIN5/c20-16-6-2-1-5-15(16)17-8-18(23-11-13-4-3-7-22-10-13)26-19(25-17)14(9-21)12-24-26/h1-8,10,12,23H,9,11H2. The number of nitrogens with zero attached hydrogens (tertiary/aromatic N) is 4. The zero-order valence-corrected chi connectivity index (χ0v) is 15.9. The second kappa shape index (κ2) is 7.36. The number of pyridine rings is 1. The number of hydrogen-bond acceptors (Lipinski definition) is 4. The molecular formula is C19H15FIN5. The second-order valence-electron chi connectivity index (χ2n) is 5.76. The normalized spacial score (nSPS) is 11.0. The van der Waals surface area contributed by atoms with Crippen LogP contribution in [-0.2, 0) is 11.0 Å². The third-order valence-corrected chi connectivity index (χ3v) is 4.86. The van der Waals surface area contributed by atoms with Gasteiger partial charge in [-0.3, -0.25) is 4.98 Å². The predicted octanol–water partition coefficient (Wildman–Crippen LogP) is 4.48. The van der Waals surface area contributed by atoms with Crippen molar-refractivity contribution >= 4 is 34.1 Å². The Balaban J connectivity index is 1.80. The van der Waals surface area contributed by atoms with E-state index in [1.54, 1.807) is 29.0 Å². The van der Waals surface area contributed by atoms with Crippen LogP contribution < -0.4 is 5.32 Å². The summed E-state index contributed by atoms with van der Waals surface area (Å²) in [5.41, 5.74) is 3.84. The number of halogens is 2. The first-order chi connectivity index (χ1) is 12.8. The van der Waals surface area contributed by atoms with Crippen LogP contribution in [0.5, 0.6) is 0 Å². The van der Waals surface area contributed by atoms with E-state index in [1.807, 2.05) is 30.5 Å². The fourth-order valence-corrected chi connectivity index (χ4v) is 3.27. The summed E-state index contributed by atoms with van der Waals surface area (Å²) in [4.78, 5) is 8.78. The Morgan fingerprint density at radius 3 is 2.77 bits per heavy atom. The molecule has 0 bridgehead atoms. The van der Waals surface area contributed by atoms with Gasteiger partial charge in [-0.1, -0.05) is 40.8 Å². The minimum absolute atomic E-state index is 0.293. The molecule has 0 aliphatic heterocycles. The van der Waals surface area contributed by atoms with Crippen LogP contribution in [0.1, 0.15) is 11.1 Å². The molecule has 130 valence electrons. The Hall–Kier alpha value is -2.55. The molecule has 4 rings (SSSR count). The van der Waals surface area contributed by atoms with E-state index in [4.69, 9.17) is 0 Å². The summed E-state index contributed by atoms with van der Waals surface area (Å²) in [6, 6.07) is 12.4. The molecule has 0 aliphatic rings. The van der Waals surface area contributed by atoms with E-state index < -0.39 is 0 Å². The highest BCUT2D eigenvalue weighted by Gasteiger charge is 2.14. The van der Waals surface area contributed by atoms with Gasteiger partial charge >= 0.3 is 0 Å². The van der Waals surface area contributed by atoms with Crippen molar-refractivity contribution in [3.63, 3.8) is 0 Å². The lowest BCUT2D eigenvalue weighted by atomic mass is 10.1. The number of alkyl halides is 1. The van der Waals surface area contributed by atoms with E-state index in [0.717, 1.165) is 27.0 Å². The maximum atomic E-state index is 14.3. The lowest BCUT2D eigenvalue weighted by molar-refractivity contribution is 0.630. The molecule has 4 aromatic rings. The molecule has 5 nitrogen and oxygen atoms in total. The van der Waals surface area contributed by atoms with Crippen LogP contribution in [-0.4, -0.2) is 19.6 Å². The largest absolute Gasteiger partial charge is 0.366 e. The predicted molar refractivity (Wildman–Crippen MR) is 108 cm³/mol. The molecule has 0 spiro atoms. The van der Waals surface area contributed by atoms with Crippen LogP contribution in [0.4, 0.5) is 10.2 Å². The van der Waals surface area contributed by atoms with Crippen molar-refractivity contribution in [2.75, 3.05) is 5.32 Å². The minimum atomic E-state index is -0.293. The van der Waals surface area contributed by atoms with Crippen LogP contribution in [0.3, 0.4) is 0 Å². The van der Waals surface area contributed by atoms with Gasteiger partial charge in [-0.05, 0) is 23.8 Å². The smallest absolute Gasteiger partial charge is 0.161 e. The summed E-state index contributed by atoms with van der Waals surface area (Å²) < 4.78 is 16.8. The fourth-order valence-electron chi connectivity index (χ4n) is 2.73. The Morgan fingerprint density at radius 2 is 2.00 bits per heavy atom. The molecule has 1 aromatic carbocycles. The third kappa shape index (κ3) is 3.26. The molecule has 0 saturated carbocycles. The Kier molecular flexibility index (Phi) is 4.79. The maximum Gasteiger partial charge on any atom is 0.161 e. The molecule has 7 heteroatoms. The van der Waals surface area contributed by atoms with Gasteiger partial charge in [0.15, 0.2) is 5.65 Å². The van der Waals surface area contributed by atoms with Gasteiger partial charge in [0.25, 0.3) is 0 Å². The van der Waals surface area contributed by atoms with Gasteiger partial charge < -0.3 is 5.32 Å². The maximum absolute atomic E-state index is 14.3. The lowest BCUT2D eigenvalue weighted by Crippen LogP contribution is -2.07. The summed E-state index contributed by atoms with van der Waals surface area (Å²) in [6.45, 7) is 0.586. The van der Waals surface area contributed by atoms with Crippen molar-refractivity contribution < 1.29 is 4.39 Å². The molecule has 0 unspecified atom stereocenters. The molecule has 0 atom stereocenters. The number of anilines is 1. The van der Waals surface area contributed by atoms with E-state index in [9.17, 15) is 4.39 Å². The monoisotopic (exact) mass is 459 g/mol. The number of hydrogen-bond donors (Lipinski definition) is 1. The van der Waals surface area contributed by atoms with E-state index >= 15 is 0 Å². The second-order valence-corrected chi connectivity index (χ2v) is 6.52. The fraction of sp³-hybridized carbons (Fsp3) is 0.105. The zero-order chi connectivity index (χ0) is 17.9. The summed E-state index contributed by atoms with van der Waals surface area (Å²) in [6.07, 6.45) is 5.35. The van der Waals surface area contributed by atoms with Gasteiger partial charge in [-0.25, -0.2) is 9.37 Å². The van der Waals surface area contributed by atoms with Crippen molar-refractivity contribution in [1.82, 2.24) is 19.6 Å². The summed E-state index contributed by atoms with van der Waals surface area (Å²) in [7, 11) is 0. The van der Waals surface area contributed by atoms with E-state index in [2.05, 4.69) is 43.0 Å². The number of aromatic nitrogens is 4. The van der Waals surface area contributed by atoms with Crippen LogP contribution in [0.25, 0.3) is 16.9 Å². The van der Waals surface area contributed by atoms with Gasteiger partial charge in [0.05, 0.1) is 11.9 Å². The summed E-state index contributed by atoms with van der Waals surface area (Å²) in [5.74, 6) is 0.464. The van der Waals surface area contributed by atoms with Crippen molar-refractivity contribution in [3.8, 4) is 11.3 Å². The third-order valence-electron chi connectivity index (χ3n) is 4.04. The van der Waals surface area contributed by atoms with Crippen molar-refractivity contribution in [2.45, 2.75) is 11.0 Å². The van der Waals surface area contributed by atoms with E-state index in [0.29, 0.717) is 17.8 Å². The van der Waals surface area contributed by atoms with Crippen LogP contribution in [0, 0.1) is 5.82 Å². The summed E-state index contributed by atoms with van der Waals surface area (Å²) in [5, 5.41) is 7.80. The average molecular weight is 459 g/mol. The highest BCUT2D eigenvalue weighted by atomic mass is 127. The highest BCUT2D eigenvalue weighted by Crippen LogP contribution is 2.26. The van der Waals surface area contributed by atoms with Gasteiger partial charge in [0.2, 0.25) is 0 Å². The topological polar surface area (TPSA) is 55.1 Å². The molecule has 3 heterocycles. The Labute approximate surface area is 163 Å². The van der Waals surface area contributed by atoms with E-state index in [-0.39, 0.29) is 5.82 Å². The van der Waals surface area contributed by atoms with Crippen molar-refractivity contribution in [3.05, 3.63) is 78.0 Å². The SMILES string of the molecule is Fc1ccccc1-c1cc(NCc2cccnc2)n2ncc(CI)c2n1. The number of nitrogens with one attached hydrogen (secondary N) is 1. The first-order valence-electron chi connectivity index (χ1n) is 8.07. The highest BCUT2D eigenvalue weighted by molar-refractivity contribution is 14.1. The molecule has 0 aliphatic carbocycles. The molecule has 0 radical (unpaired) electrons. The Bertz CT molecular complexity index is 1050. The molecule has 0 saturated heterocycles. The van der Waals surface area contributed by atoms with E-state index in [1.165, 1.54) is 6.07 Å².